The zero-order valence-corrected chi connectivity index (χ0v) is 11.6. The van der Waals surface area contributed by atoms with E-state index in [0.29, 0.717) is 6.54 Å². The number of carbonyl (C=O) groups excluding carboxylic acids is 1. The molecule has 106 valence electrons. The fraction of sp³-hybridized carbons (Fsp3) is 0.333. The zero-order valence-electron chi connectivity index (χ0n) is 11.6. The SMILES string of the molecule is COC(=O)[C@@H](C)[C@@H](NCc1ccon1)c1ccccc1. The molecule has 0 saturated heterocycles. The number of methoxy groups -OCH3 is 1. The zero-order chi connectivity index (χ0) is 14.4. The van der Waals surface area contributed by atoms with E-state index in [1.165, 1.54) is 13.4 Å². The third-order valence-corrected chi connectivity index (χ3v) is 3.23. The number of aromatic nitrogens is 1. The Labute approximate surface area is 117 Å². The molecule has 1 aromatic carbocycles. The summed E-state index contributed by atoms with van der Waals surface area (Å²) in [6.07, 6.45) is 1.53. The van der Waals surface area contributed by atoms with Crippen molar-refractivity contribution >= 4 is 5.97 Å². The second-order valence-corrected chi connectivity index (χ2v) is 4.57. The second-order valence-electron chi connectivity index (χ2n) is 4.57. The van der Waals surface area contributed by atoms with Crippen molar-refractivity contribution in [3.8, 4) is 0 Å². The van der Waals surface area contributed by atoms with E-state index >= 15 is 0 Å². The molecule has 0 unspecified atom stereocenters. The lowest BCUT2D eigenvalue weighted by Gasteiger charge is -2.23. The highest BCUT2D eigenvalue weighted by atomic mass is 16.5. The van der Waals surface area contributed by atoms with Gasteiger partial charge in [-0.25, -0.2) is 0 Å². The molecule has 0 aliphatic rings. The number of esters is 1. The first-order chi connectivity index (χ1) is 9.72. The third-order valence-electron chi connectivity index (χ3n) is 3.23. The Bertz CT molecular complexity index is 525. The van der Waals surface area contributed by atoms with Gasteiger partial charge in [0.05, 0.1) is 18.7 Å². The summed E-state index contributed by atoms with van der Waals surface area (Å²) in [5.41, 5.74) is 1.83. The van der Waals surface area contributed by atoms with Gasteiger partial charge in [0.25, 0.3) is 0 Å². The maximum Gasteiger partial charge on any atom is 0.310 e. The van der Waals surface area contributed by atoms with E-state index in [9.17, 15) is 4.79 Å². The van der Waals surface area contributed by atoms with E-state index in [1.807, 2.05) is 37.3 Å². The molecule has 1 aromatic heterocycles. The molecule has 5 nitrogen and oxygen atoms in total. The van der Waals surface area contributed by atoms with Crippen LogP contribution in [0, 0.1) is 5.92 Å². The van der Waals surface area contributed by atoms with Crippen molar-refractivity contribution in [1.82, 2.24) is 10.5 Å². The Balaban J connectivity index is 2.13. The predicted molar refractivity (Wildman–Crippen MR) is 73.7 cm³/mol. The topological polar surface area (TPSA) is 64.4 Å². The van der Waals surface area contributed by atoms with E-state index in [4.69, 9.17) is 9.26 Å². The van der Waals surface area contributed by atoms with Gasteiger partial charge >= 0.3 is 5.97 Å². The van der Waals surface area contributed by atoms with Gasteiger partial charge in [0.1, 0.15) is 6.26 Å². The van der Waals surface area contributed by atoms with Crippen molar-refractivity contribution in [2.45, 2.75) is 19.5 Å². The van der Waals surface area contributed by atoms with Gasteiger partial charge in [0.2, 0.25) is 0 Å². The average molecular weight is 274 g/mol. The fourth-order valence-corrected chi connectivity index (χ4v) is 2.11. The van der Waals surface area contributed by atoms with Gasteiger partial charge < -0.3 is 14.6 Å². The first-order valence-electron chi connectivity index (χ1n) is 6.47. The summed E-state index contributed by atoms with van der Waals surface area (Å²) < 4.78 is 9.64. The highest BCUT2D eigenvalue weighted by Crippen LogP contribution is 2.23. The molecule has 2 atom stereocenters. The summed E-state index contributed by atoms with van der Waals surface area (Å²) in [4.78, 5) is 11.8. The molecule has 2 aromatic rings. The van der Waals surface area contributed by atoms with Crippen LogP contribution < -0.4 is 5.32 Å². The summed E-state index contributed by atoms with van der Waals surface area (Å²) in [6.45, 7) is 2.37. The van der Waals surface area contributed by atoms with Crippen LogP contribution in [-0.2, 0) is 16.1 Å². The van der Waals surface area contributed by atoms with Gasteiger partial charge in [-0.1, -0.05) is 42.4 Å². The fourth-order valence-electron chi connectivity index (χ4n) is 2.11. The van der Waals surface area contributed by atoms with Crippen molar-refractivity contribution in [3.63, 3.8) is 0 Å². The minimum Gasteiger partial charge on any atom is -0.469 e. The monoisotopic (exact) mass is 274 g/mol. The van der Waals surface area contributed by atoms with Crippen LogP contribution in [0.5, 0.6) is 0 Å². The largest absolute Gasteiger partial charge is 0.469 e. The summed E-state index contributed by atoms with van der Waals surface area (Å²) in [5.74, 6) is -0.541. The Hall–Kier alpha value is -2.14. The van der Waals surface area contributed by atoms with Crippen molar-refractivity contribution in [2.24, 2.45) is 5.92 Å². The maximum atomic E-state index is 11.8. The maximum absolute atomic E-state index is 11.8. The Morgan fingerprint density at radius 2 is 2.10 bits per heavy atom. The minimum atomic E-state index is -0.297. The lowest BCUT2D eigenvalue weighted by Crippen LogP contribution is -2.31. The van der Waals surface area contributed by atoms with Crippen LogP contribution in [0.2, 0.25) is 0 Å². The van der Waals surface area contributed by atoms with Gasteiger partial charge in [0, 0.05) is 18.7 Å². The molecule has 1 N–H and O–H groups in total. The summed E-state index contributed by atoms with van der Waals surface area (Å²) in [5, 5.41) is 7.18. The van der Waals surface area contributed by atoms with Crippen LogP contribution in [0.25, 0.3) is 0 Å². The Kier molecular flexibility index (Phi) is 4.90. The molecule has 0 saturated carbocycles. The van der Waals surface area contributed by atoms with Crippen LogP contribution in [-0.4, -0.2) is 18.2 Å². The molecule has 0 radical (unpaired) electrons. The van der Waals surface area contributed by atoms with Crippen LogP contribution in [0.1, 0.15) is 24.2 Å². The highest BCUT2D eigenvalue weighted by molar-refractivity contribution is 5.73. The molecule has 0 bridgehead atoms. The van der Waals surface area contributed by atoms with E-state index in [-0.39, 0.29) is 17.9 Å². The van der Waals surface area contributed by atoms with E-state index < -0.39 is 0 Å². The third kappa shape index (κ3) is 3.45. The van der Waals surface area contributed by atoms with Crippen LogP contribution in [0.4, 0.5) is 0 Å². The number of nitrogens with zero attached hydrogens (tertiary/aromatic N) is 1. The standard InChI is InChI=1S/C15H18N2O3/c1-11(15(18)19-2)14(12-6-4-3-5-7-12)16-10-13-8-9-20-17-13/h3-9,11,14,16H,10H2,1-2H3/t11-,14+/m0/s1. The number of rotatable bonds is 6. The van der Waals surface area contributed by atoms with Gasteiger partial charge in [-0.3, -0.25) is 4.79 Å². The van der Waals surface area contributed by atoms with Crippen molar-refractivity contribution < 1.29 is 14.1 Å². The van der Waals surface area contributed by atoms with Crippen LogP contribution >= 0.6 is 0 Å². The molecule has 2 rings (SSSR count). The number of hydrogen-bond donors (Lipinski definition) is 1. The van der Waals surface area contributed by atoms with Crippen LogP contribution in [0.15, 0.2) is 47.2 Å². The number of benzene rings is 1. The van der Waals surface area contributed by atoms with Crippen LogP contribution in [0.3, 0.4) is 0 Å². The molecule has 20 heavy (non-hydrogen) atoms. The molecular formula is C15H18N2O3. The number of nitrogens with one attached hydrogen (secondary N) is 1. The molecule has 0 aliphatic heterocycles. The van der Waals surface area contributed by atoms with Gasteiger partial charge in [0.15, 0.2) is 0 Å². The number of hydrogen-bond acceptors (Lipinski definition) is 5. The first kappa shape index (κ1) is 14.3. The smallest absolute Gasteiger partial charge is 0.310 e. The molecule has 0 aliphatic carbocycles. The van der Waals surface area contributed by atoms with Gasteiger partial charge in [-0.15, -0.1) is 0 Å². The highest BCUT2D eigenvalue weighted by Gasteiger charge is 2.25. The first-order valence-corrected chi connectivity index (χ1v) is 6.47. The summed E-state index contributed by atoms with van der Waals surface area (Å²) in [7, 11) is 1.40. The normalized spacial score (nSPS) is 13.7. The molecular weight excluding hydrogens is 256 g/mol. The van der Waals surface area contributed by atoms with Crippen molar-refractivity contribution in [3.05, 3.63) is 53.9 Å². The quantitative estimate of drug-likeness (QED) is 0.819. The molecule has 1 heterocycles. The van der Waals surface area contributed by atoms with E-state index in [1.54, 1.807) is 6.07 Å². The molecule has 0 fully saturated rings. The van der Waals surface area contributed by atoms with Crippen molar-refractivity contribution in [1.29, 1.82) is 0 Å². The Morgan fingerprint density at radius 3 is 2.70 bits per heavy atom. The summed E-state index contributed by atoms with van der Waals surface area (Å²) in [6, 6.07) is 11.5. The summed E-state index contributed by atoms with van der Waals surface area (Å²) >= 11 is 0. The Morgan fingerprint density at radius 1 is 1.35 bits per heavy atom. The van der Waals surface area contributed by atoms with Gasteiger partial charge in [-0.2, -0.15) is 0 Å². The second kappa shape index (κ2) is 6.86. The average Bonchev–Trinajstić information content (AvgIpc) is 3.01. The molecule has 5 heteroatoms. The number of ether oxygens (including phenoxy) is 1. The lowest BCUT2D eigenvalue weighted by atomic mass is 9.94. The number of carbonyl (C=O) groups is 1. The predicted octanol–water partition coefficient (Wildman–Crippen LogP) is 2.31. The molecule has 0 spiro atoms. The minimum absolute atomic E-state index is 0.139. The molecule has 0 amide bonds. The van der Waals surface area contributed by atoms with E-state index in [2.05, 4.69) is 10.5 Å². The lowest BCUT2D eigenvalue weighted by molar-refractivity contribution is -0.145. The van der Waals surface area contributed by atoms with Crippen molar-refractivity contribution in [2.75, 3.05) is 7.11 Å². The van der Waals surface area contributed by atoms with Gasteiger partial charge in [-0.05, 0) is 5.56 Å². The van der Waals surface area contributed by atoms with E-state index in [0.717, 1.165) is 11.3 Å².